The maximum Gasteiger partial charge on any atom is 0.274 e. The molecule has 1 fully saturated rings. The van der Waals surface area contributed by atoms with Gasteiger partial charge >= 0.3 is 0 Å². The molecule has 0 unspecified atom stereocenters. The van der Waals surface area contributed by atoms with Gasteiger partial charge in [-0.3, -0.25) is 14.7 Å². The van der Waals surface area contributed by atoms with E-state index in [4.69, 9.17) is 0 Å². The van der Waals surface area contributed by atoms with Gasteiger partial charge in [0.2, 0.25) is 5.91 Å². The molecule has 0 saturated carbocycles. The second kappa shape index (κ2) is 5.53. The minimum absolute atomic E-state index is 0.0193. The zero-order valence-corrected chi connectivity index (χ0v) is 13.7. The normalized spacial score (nSPS) is 24.7. The molecule has 23 heavy (non-hydrogen) atoms. The number of aliphatic hydroxyl groups is 1. The van der Waals surface area contributed by atoms with E-state index in [9.17, 15) is 14.7 Å². The Morgan fingerprint density at radius 2 is 2.13 bits per heavy atom. The first-order valence-corrected chi connectivity index (χ1v) is 8.00. The summed E-state index contributed by atoms with van der Waals surface area (Å²) in [4.78, 5) is 26.5. The Labute approximate surface area is 134 Å². The number of amides is 1. The van der Waals surface area contributed by atoms with Crippen molar-refractivity contribution in [2.45, 2.75) is 32.9 Å². The first kappa shape index (κ1) is 15.8. The molecule has 1 aliphatic rings. The molecule has 6 heteroatoms. The number of aromatic amines is 1. The Morgan fingerprint density at radius 1 is 1.43 bits per heavy atom. The predicted octanol–water partition coefficient (Wildman–Crippen LogP) is 1.19. The summed E-state index contributed by atoms with van der Waals surface area (Å²) in [6.07, 6.45) is 0. The summed E-state index contributed by atoms with van der Waals surface area (Å²) in [6.45, 7) is 6.69. The molecule has 0 spiro atoms. The van der Waals surface area contributed by atoms with Gasteiger partial charge in [0, 0.05) is 12.5 Å². The fraction of sp³-hybridized carbons (Fsp3) is 0.529. The van der Waals surface area contributed by atoms with Crippen molar-refractivity contribution in [3.63, 3.8) is 0 Å². The van der Waals surface area contributed by atoms with Crippen LogP contribution in [-0.2, 0) is 11.3 Å². The van der Waals surface area contributed by atoms with Crippen molar-refractivity contribution < 1.29 is 9.90 Å². The van der Waals surface area contributed by atoms with Gasteiger partial charge in [-0.1, -0.05) is 32.9 Å². The van der Waals surface area contributed by atoms with E-state index in [-0.39, 0.29) is 29.8 Å². The molecule has 6 nitrogen and oxygen atoms in total. The van der Waals surface area contributed by atoms with Crippen LogP contribution in [0.3, 0.4) is 0 Å². The Kier molecular flexibility index (Phi) is 3.80. The molecule has 2 N–H and O–H groups in total. The molecule has 3 rings (SSSR count). The van der Waals surface area contributed by atoms with Gasteiger partial charge in [-0.15, -0.1) is 0 Å². The summed E-state index contributed by atoms with van der Waals surface area (Å²) in [7, 11) is 0. The molecule has 124 valence electrons. The fourth-order valence-electron chi connectivity index (χ4n) is 3.41. The summed E-state index contributed by atoms with van der Waals surface area (Å²) in [6, 6.07) is 7.20. The standard InChI is InChI=1S/C17H23N3O3/c1-11(2)17(23)10-19(8-12(17)3)15(21)9-20-16(22)13-6-4-5-7-14(13)18-20/h4-7,11-12,18,23H,8-10H2,1-3H3/t12-,17-/m1/s1. The number of likely N-dealkylation sites (tertiary alicyclic amines) is 1. The topological polar surface area (TPSA) is 78.3 Å². The van der Waals surface area contributed by atoms with E-state index in [0.29, 0.717) is 18.5 Å². The van der Waals surface area contributed by atoms with Gasteiger partial charge in [0.25, 0.3) is 5.56 Å². The minimum Gasteiger partial charge on any atom is -0.387 e. The third-order valence-electron chi connectivity index (χ3n) is 5.10. The van der Waals surface area contributed by atoms with Crippen molar-refractivity contribution >= 4 is 16.8 Å². The van der Waals surface area contributed by atoms with Crippen LogP contribution < -0.4 is 5.56 Å². The SMILES string of the molecule is CC(C)[C@]1(O)CN(C(=O)Cn2[nH]c3ccccc3c2=O)C[C@H]1C. The highest BCUT2D eigenvalue weighted by Gasteiger charge is 2.46. The summed E-state index contributed by atoms with van der Waals surface area (Å²) >= 11 is 0. The second-order valence-corrected chi connectivity index (χ2v) is 6.87. The van der Waals surface area contributed by atoms with Crippen LogP contribution in [0, 0.1) is 11.8 Å². The lowest BCUT2D eigenvalue weighted by atomic mass is 9.82. The summed E-state index contributed by atoms with van der Waals surface area (Å²) in [5, 5.41) is 14.3. The largest absolute Gasteiger partial charge is 0.387 e. The number of hydrogen-bond acceptors (Lipinski definition) is 3. The zero-order chi connectivity index (χ0) is 16.8. The van der Waals surface area contributed by atoms with Crippen molar-refractivity contribution in [2.24, 2.45) is 11.8 Å². The van der Waals surface area contributed by atoms with Crippen LogP contribution in [0.5, 0.6) is 0 Å². The maximum absolute atomic E-state index is 12.5. The highest BCUT2D eigenvalue weighted by Crippen LogP contribution is 2.33. The number of benzene rings is 1. The van der Waals surface area contributed by atoms with Gasteiger partial charge in [-0.05, 0) is 18.1 Å². The van der Waals surface area contributed by atoms with Crippen molar-refractivity contribution in [1.29, 1.82) is 0 Å². The summed E-state index contributed by atoms with van der Waals surface area (Å²) < 4.78 is 1.34. The summed E-state index contributed by atoms with van der Waals surface area (Å²) in [5.41, 5.74) is -0.333. The van der Waals surface area contributed by atoms with Gasteiger partial charge in [0.1, 0.15) is 6.54 Å². The van der Waals surface area contributed by atoms with Crippen LogP contribution in [0.1, 0.15) is 20.8 Å². The number of β-amino-alcohol motifs (C(OH)–C–C–N with tert-alkyl or cyclic N) is 1. The zero-order valence-electron chi connectivity index (χ0n) is 13.7. The third-order valence-corrected chi connectivity index (χ3v) is 5.10. The highest BCUT2D eigenvalue weighted by molar-refractivity contribution is 5.80. The predicted molar refractivity (Wildman–Crippen MR) is 88.1 cm³/mol. The highest BCUT2D eigenvalue weighted by atomic mass is 16.3. The molecular weight excluding hydrogens is 294 g/mol. The molecule has 2 heterocycles. The minimum atomic E-state index is -0.860. The van der Waals surface area contributed by atoms with E-state index in [2.05, 4.69) is 5.10 Å². The Bertz CT molecular complexity index is 792. The third kappa shape index (κ3) is 2.57. The van der Waals surface area contributed by atoms with Crippen LogP contribution in [0.15, 0.2) is 29.1 Å². The van der Waals surface area contributed by atoms with Crippen LogP contribution >= 0.6 is 0 Å². The van der Waals surface area contributed by atoms with Gasteiger partial charge in [0.05, 0.1) is 23.0 Å². The van der Waals surface area contributed by atoms with E-state index in [1.54, 1.807) is 17.0 Å². The van der Waals surface area contributed by atoms with Crippen LogP contribution in [0.2, 0.25) is 0 Å². The molecule has 1 aromatic heterocycles. The molecule has 0 radical (unpaired) electrons. The monoisotopic (exact) mass is 317 g/mol. The van der Waals surface area contributed by atoms with Crippen LogP contribution in [-0.4, -0.2) is 44.4 Å². The van der Waals surface area contributed by atoms with Crippen molar-refractivity contribution in [2.75, 3.05) is 13.1 Å². The number of carbonyl (C=O) groups is 1. The number of aromatic nitrogens is 2. The molecule has 2 aromatic rings. The molecule has 0 aliphatic carbocycles. The average Bonchev–Trinajstić information content (AvgIpc) is 2.99. The van der Waals surface area contributed by atoms with Crippen LogP contribution in [0.25, 0.3) is 10.9 Å². The second-order valence-electron chi connectivity index (χ2n) is 6.87. The lowest BCUT2D eigenvalue weighted by Crippen LogP contribution is -2.43. The first-order chi connectivity index (χ1) is 10.8. The van der Waals surface area contributed by atoms with Gasteiger partial charge in [0.15, 0.2) is 0 Å². The number of hydrogen-bond donors (Lipinski definition) is 2. The Morgan fingerprint density at radius 3 is 2.74 bits per heavy atom. The average molecular weight is 317 g/mol. The quantitative estimate of drug-likeness (QED) is 0.893. The number of nitrogens with zero attached hydrogens (tertiary/aromatic N) is 2. The van der Waals surface area contributed by atoms with E-state index in [1.807, 2.05) is 32.9 Å². The number of carbonyl (C=O) groups excluding carboxylic acids is 1. The van der Waals surface area contributed by atoms with Crippen LogP contribution in [0.4, 0.5) is 0 Å². The Balaban J connectivity index is 1.80. The van der Waals surface area contributed by atoms with E-state index in [0.717, 1.165) is 5.52 Å². The number of fused-ring (bicyclic) bond motifs is 1. The number of para-hydroxylation sites is 1. The van der Waals surface area contributed by atoms with Crippen molar-refractivity contribution in [1.82, 2.24) is 14.7 Å². The van der Waals surface area contributed by atoms with Crippen molar-refractivity contribution in [3.05, 3.63) is 34.6 Å². The number of H-pyrrole nitrogens is 1. The van der Waals surface area contributed by atoms with Crippen molar-refractivity contribution in [3.8, 4) is 0 Å². The molecule has 1 aromatic carbocycles. The molecule has 1 amide bonds. The smallest absolute Gasteiger partial charge is 0.274 e. The lowest BCUT2D eigenvalue weighted by Gasteiger charge is -2.30. The molecular formula is C17H23N3O3. The van der Waals surface area contributed by atoms with Gasteiger partial charge < -0.3 is 10.0 Å². The molecule has 1 saturated heterocycles. The van der Waals surface area contributed by atoms with E-state index < -0.39 is 5.60 Å². The number of nitrogens with one attached hydrogen (secondary N) is 1. The maximum atomic E-state index is 12.5. The van der Waals surface area contributed by atoms with Gasteiger partial charge in [-0.2, -0.15) is 0 Å². The van der Waals surface area contributed by atoms with Gasteiger partial charge in [-0.25, -0.2) is 4.68 Å². The lowest BCUT2D eigenvalue weighted by molar-refractivity contribution is -0.132. The fourth-order valence-corrected chi connectivity index (χ4v) is 3.41. The first-order valence-electron chi connectivity index (χ1n) is 8.00. The summed E-state index contributed by atoms with van der Waals surface area (Å²) in [5.74, 6) is -0.0564. The molecule has 1 aliphatic heterocycles. The van der Waals surface area contributed by atoms with E-state index in [1.165, 1.54) is 4.68 Å². The van der Waals surface area contributed by atoms with E-state index >= 15 is 0 Å². The number of rotatable bonds is 3. The molecule has 2 atom stereocenters. The molecule has 0 bridgehead atoms. The Hall–Kier alpha value is -2.08.